The molecule has 0 radical (unpaired) electrons. The molecule has 1 aromatic heterocycles. The third-order valence-corrected chi connectivity index (χ3v) is 7.41. The van der Waals surface area contributed by atoms with Crippen molar-refractivity contribution in [1.29, 1.82) is 0 Å². The summed E-state index contributed by atoms with van der Waals surface area (Å²) in [6.07, 6.45) is -6.49. The number of hydrogen-bond acceptors (Lipinski definition) is 4. The van der Waals surface area contributed by atoms with E-state index in [2.05, 4.69) is 5.32 Å². The maximum absolute atomic E-state index is 13.6. The normalized spacial score (nSPS) is 14.0. The van der Waals surface area contributed by atoms with E-state index in [9.17, 15) is 26.3 Å². The van der Waals surface area contributed by atoms with Crippen molar-refractivity contribution >= 4 is 16.9 Å². The molecule has 1 aliphatic heterocycles. The van der Waals surface area contributed by atoms with E-state index in [0.29, 0.717) is 36.2 Å². The summed E-state index contributed by atoms with van der Waals surface area (Å²) < 4.78 is 93.1. The number of hydrogen-bond donors (Lipinski definition) is 1. The summed E-state index contributed by atoms with van der Waals surface area (Å²) in [6.45, 7) is 1.04. The van der Waals surface area contributed by atoms with Gasteiger partial charge in [-0.25, -0.2) is 0 Å². The average molecular weight is 590 g/mol. The van der Waals surface area contributed by atoms with Crippen molar-refractivity contribution in [3.8, 4) is 22.6 Å². The number of alkyl halides is 6. The topological polar surface area (TPSA) is 30.5 Å². The van der Waals surface area contributed by atoms with Crippen LogP contribution in [-0.2, 0) is 25.6 Å². The number of rotatable bonds is 8. The van der Waals surface area contributed by atoms with Crippen molar-refractivity contribution in [3.05, 3.63) is 111 Å². The van der Waals surface area contributed by atoms with E-state index < -0.39 is 23.5 Å². The molecule has 0 unspecified atom stereocenters. The molecule has 41 heavy (non-hydrogen) atoms. The van der Waals surface area contributed by atoms with Crippen molar-refractivity contribution in [2.75, 3.05) is 13.1 Å². The van der Waals surface area contributed by atoms with E-state index >= 15 is 0 Å². The lowest BCUT2D eigenvalue weighted by Gasteiger charge is -2.22. The Morgan fingerprint density at radius 3 is 1.80 bits per heavy atom. The smallest absolute Gasteiger partial charge is 0.419 e. The summed E-state index contributed by atoms with van der Waals surface area (Å²) in [5.41, 5.74) is 2.83. The third-order valence-electron chi connectivity index (χ3n) is 6.72. The molecule has 2 heterocycles. The van der Waals surface area contributed by atoms with Gasteiger partial charge in [-0.1, -0.05) is 30.3 Å². The van der Waals surface area contributed by atoms with Gasteiger partial charge in [-0.05, 0) is 99.6 Å². The van der Waals surface area contributed by atoms with Gasteiger partial charge in [0.1, 0.15) is 24.7 Å². The van der Waals surface area contributed by atoms with E-state index in [1.807, 2.05) is 35.0 Å². The minimum atomic E-state index is -4.58. The number of benzene rings is 3. The van der Waals surface area contributed by atoms with Crippen molar-refractivity contribution in [2.24, 2.45) is 0 Å². The minimum absolute atomic E-state index is 0.137. The van der Waals surface area contributed by atoms with E-state index in [-0.39, 0.29) is 24.7 Å². The SMILES string of the molecule is FC(F)(F)c1ccccc1OCc1cc(-c2ccsc2)c(COc2ccccc2C(F)(F)F)cc1C1=CCNCC1. The van der Waals surface area contributed by atoms with Crippen LogP contribution in [0.4, 0.5) is 26.3 Å². The third kappa shape index (κ3) is 6.77. The Morgan fingerprint density at radius 2 is 1.29 bits per heavy atom. The maximum Gasteiger partial charge on any atom is 0.419 e. The summed E-state index contributed by atoms with van der Waals surface area (Å²) >= 11 is 1.45. The number of ether oxygens (including phenoxy) is 2. The second kappa shape index (κ2) is 12.0. The molecule has 0 atom stereocenters. The van der Waals surface area contributed by atoms with Gasteiger partial charge in [0.15, 0.2) is 0 Å². The van der Waals surface area contributed by atoms with Crippen LogP contribution < -0.4 is 14.8 Å². The number of thiophene rings is 1. The molecule has 0 saturated carbocycles. The molecule has 0 fully saturated rings. The first kappa shape index (κ1) is 28.8. The van der Waals surface area contributed by atoms with Gasteiger partial charge in [0.2, 0.25) is 0 Å². The quantitative estimate of drug-likeness (QED) is 0.208. The standard InChI is InChI=1S/C31H25F6NO2S/c32-30(33,34)26-5-1-3-7-28(26)39-17-22-16-25(21-11-14-41-19-21)23(15-24(22)20-9-12-38-13-10-20)18-40-29-8-4-2-6-27(29)31(35,36)37/h1-9,11,14-16,19,38H,10,12-13,17-18H2. The lowest BCUT2D eigenvalue weighted by molar-refractivity contribution is -0.139. The predicted molar refractivity (Wildman–Crippen MR) is 147 cm³/mol. The fraction of sp³-hybridized carbons (Fsp3) is 0.226. The van der Waals surface area contributed by atoms with Crippen LogP contribution in [0.2, 0.25) is 0 Å². The summed E-state index contributed by atoms with van der Waals surface area (Å²) in [5, 5.41) is 7.01. The van der Waals surface area contributed by atoms with E-state index in [1.165, 1.54) is 47.7 Å². The predicted octanol–water partition coefficient (Wildman–Crippen LogP) is 8.99. The highest BCUT2D eigenvalue weighted by Gasteiger charge is 2.35. The molecule has 3 aromatic carbocycles. The van der Waals surface area contributed by atoms with Crippen LogP contribution >= 0.6 is 11.3 Å². The van der Waals surface area contributed by atoms with Gasteiger partial charge in [-0.3, -0.25) is 0 Å². The van der Waals surface area contributed by atoms with Gasteiger partial charge >= 0.3 is 12.4 Å². The first-order valence-electron chi connectivity index (χ1n) is 12.8. The Morgan fingerprint density at radius 1 is 0.732 bits per heavy atom. The Labute approximate surface area is 237 Å². The fourth-order valence-corrected chi connectivity index (χ4v) is 5.40. The molecule has 4 aromatic rings. The maximum atomic E-state index is 13.6. The zero-order valence-corrected chi connectivity index (χ0v) is 22.4. The molecular formula is C31H25F6NO2S. The monoisotopic (exact) mass is 589 g/mol. The molecule has 10 heteroatoms. The number of para-hydroxylation sites is 2. The van der Waals surface area contributed by atoms with Crippen LogP contribution in [0, 0.1) is 0 Å². The van der Waals surface area contributed by atoms with E-state index in [1.54, 1.807) is 0 Å². The second-order valence-corrected chi connectivity index (χ2v) is 10.2. The second-order valence-electron chi connectivity index (χ2n) is 9.43. The highest BCUT2D eigenvalue weighted by atomic mass is 32.1. The van der Waals surface area contributed by atoms with E-state index in [4.69, 9.17) is 9.47 Å². The molecular weight excluding hydrogens is 564 g/mol. The highest BCUT2D eigenvalue weighted by molar-refractivity contribution is 7.08. The first-order chi connectivity index (χ1) is 19.6. The number of halogens is 6. The van der Waals surface area contributed by atoms with Crippen molar-refractivity contribution in [1.82, 2.24) is 5.32 Å². The van der Waals surface area contributed by atoms with Gasteiger partial charge in [-0.2, -0.15) is 37.7 Å². The summed E-state index contributed by atoms with van der Waals surface area (Å²) in [6, 6.07) is 15.7. The van der Waals surface area contributed by atoms with Crippen LogP contribution in [0.25, 0.3) is 16.7 Å². The largest absolute Gasteiger partial charge is 0.488 e. The zero-order valence-electron chi connectivity index (χ0n) is 21.6. The highest BCUT2D eigenvalue weighted by Crippen LogP contribution is 2.39. The molecule has 3 nitrogen and oxygen atoms in total. The molecule has 0 saturated heterocycles. The molecule has 214 valence electrons. The van der Waals surface area contributed by atoms with Gasteiger partial charge in [-0.15, -0.1) is 0 Å². The van der Waals surface area contributed by atoms with Crippen LogP contribution in [0.5, 0.6) is 11.5 Å². The Kier molecular flexibility index (Phi) is 8.42. The Hall–Kier alpha value is -3.76. The molecule has 1 aliphatic rings. The van der Waals surface area contributed by atoms with Gasteiger partial charge in [0.05, 0.1) is 11.1 Å². The van der Waals surface area contributed by atoms with Crippen molar-refractivity contribution in [3.63, 3.8) is 0 Å². The van der Waals surface area contributed by atoms with Crippen molar-refractivity contribution in [2.45, 2.75) is 32.0 Å². The molecule has 1 N–H and O–H groups in total. The van der Waals surface area contributed by atoms with Gasteiger partial charge in [0.25, 0.3) is 0 Å². The Balaban J connectivity index is 1.55. The lowest BCUT2D eigenvalue weighted by Crippen LogP contribution is -2.20. The molecule has 0 aliphatic carbocycles. The van der Waals surface area contributed by atoms with Gasteiger partial charge in [0, 0.05) is 6.54 Å². The summed E-state index contributed by atoms with van der Waals surface area (Å²) in [5.74, 6) is -0.562. The lowest BCUT2D eigenvalue weighted by atomic mass is 9.89. The molecule has 0 spiro atoms. The molecule has 0 bridgehead atoms. The van der Waals surface area contributed by atoms with Crippen molar-refractivity contribution < 1.29 is 35.8 Å². The van der Waals surface area contributed by atoms with Crippen LogP contribution in [0.3, 0.4) is 0 Å². The fourth-order valence-electron chi connectivity index (χ4n) is 4.75. The summed E-state index contributed by atoms with van der Waals surface area (Å²) in [4.78, 5) is 0. The van der Waals surface area contributed by atoms with Gasteiger partial charge < -0.3 is 14.8 Å². The zero-order chi connectivity index (χ0) is 29.0. The van der Waals surface area contributed by atoms with Crippen LogP contribution in [-0.4, -0.2) is 13.1 Å². The van der Waals surface area contributed by atoms with E-state index in [0.717, 1.165) is 28.8 Å². The average Bonchev–Trinajstić information content (AvgIpc) is 3.50. The number of nitrogens with one attached hydrogen (secondary N) is 1. The Bertz CT molecular complexity index is 1530. The van der Waals surface area contributed by atoms with Crippen LogP contribution in [0.15, 0.2) is 83.6 Å². The summed E-state index contributed by atoms with van der Waals surface area (Å²) in [7, 11) is 0. The molecule has 5 rings (SSSR count). The first-order valence-corrected chi connectivity index (χ1v) is 13.7. The molecule has 0 amide bonds. The van der Waals surface area contributed by atoms with Crippen LogP contribution in [0.1, 0.15) is 34.2 Å². The minimum Gasteiger partial charge on any atom is -0.488 e.